The van der Waals surface area contributed by atoms with Gasteiger partial charge in [0.05, 0.1) is 23.1 Å². The van der Waals surface area contributed by atoms with Gasteiger partial charge in [-0.1, -0.05) is 11.6 Å². The predicted molar refractivity (Wildman–Crippen MR) is 67.5 cm³/mol. The first-order chi connectivity index (χ1) is 8.06. The summed E-state index contributed by atoms with van der Waals surface area (Å²) in [5, 5.41) is 13.8. The molecule has 5 nitrogen and oxygen atoms in total. The molecule has 0 radical (unpaired) electrons. The van der Waals surface area contributed by atoms with E-state index in [0.29, 0.717) is 16.5 Å². The molecule has 0 saturated carbocycles. The van der Waals surface area contributed by atoms with Crippen LogP contribution in [0.2, 0.25) is 5.02 Å². The number of aromatic nitrogens is 2. The Morgan fingerprint density at radius 1 is 1.53 bits per heavy atom. The highest BCUT2D eigenvalue weighted by Crippen LogP contribution is 2.20. The number of benzene rings is 1. The van der Waals surface area contributed by atoms with Gasteiger partial charge in [-0.25, -0.2) is 9.66 Å². The molecule has 1 aromatic carbocycles. The standard InChI is InChI=1S/C11H11ClN4O/c1-7-6-16(11(13)15-7)14-5-8-2-3-9(17)4-10(8)12/h2-6,17H,1H3,(H2,13,15). The molecule has 0 saturated heterocycles. The Labute approximate surface area is 103 Å². The van der Waals surface area contributed by atoms with Crippen LogP contribution in [0.15, 0.2) is 29.5 Å². The Hall–Kier alpha value is -2.01. The topological polar surface area (TPSA) is 76.4 Å². The summed E-state index contributed by atoms with van der Waals surface area (Å²) in [6.45, 7) is 1.83. The molecular weight excluding hydrogens is 240 g/mol. The molecule has 0 unspecified atom stereocenters. The van der Waals surface area contributed by atoms with Crippen molar-refractivity contribution >= 4 is 23.8 Å². The van der Waals surface area contributed by atoms with Crippen molar-refractivity contribution in [2.24, 2.45) is 5.10 Å². The zero-order chi connectivity index (χ0) is 12.4. The Morgan fingerprint density at radius 3 is 2.88 bits per heavy atom. The van der Waals surface area contributed by atoms with Gasteiger partial charge in [0.25, 0.3) is 0 Å². The van der Waals surface area contributed by atoms with E-state index in [2.05, 4.69) is 10.1 Å². The first kappa shape index (κ1) is 11.5. The second-order valence-electron chi connectivity index (χ2n) is 3.54. The molecule has 88 valence electrons. The average Bonchev–Trinajstić information content (AvgIpc) is 2.56. The maximum atomic E-state index is 9.21. The third kappa shape index (κ3) is 2.57. The minimum Gasteiger partial charge on any atom is -0.508 e. The maximum Gasteiger partial charge on any atom is 0.221 e. The average molecular weight is 251 g/mol. The molecule has 17 heavy (non-hydrogen) atoms. The number of rotatable bonds is 2. The second-order valence-corrected chi connectivity index (χ2v) is 3.94. The predicted octanol–water partition coefficient (Wildman–Crippen LogP) is 2.01. The molecule has 0 aliphatic heterocycles. The lowest BCUT2D eigenvalue weighted by Gasteiger charge is -1.99. The first-order valence-corrected chi connectivity index (χ1v) is 5.28. The summed E-state index contributed by atoms with van der Waals surface area (Å²) in [5.41, 5.74) is 7.11. The summed E-state index contributed by atoms with van der Waals surface area (Å²) < 4.78 is 1.46. The fourth-order valence-corrected chi connectivity index (χ4v) is 1.57. The molecule has 0 aliphatic rings. The van der Waals surface area contributed by atoms with Gasteiger partial charge in [-0.15, -0.1) is 0 Å². The van der Waals surface area contributed by atoms with E-state index in [-0.39, 0.29) is 5.75 Å². The maximum absolute atomic E-state index is 9.21. The summed E-state index contributed by atoms with van der Waals surface area (Å²) in [7, 11) is 0. The fraction of sp³-hybridized carbons (Fsp3) is 0.0909. The largest absolute Gasteiger partial charge is 0.508 e. The Kier molecular flexibility index (Phi) is 3.01. The van der Waals surface area contributed by atoms with Crippen LogP contribution in [0.25, 0.3) is 0 Å². The van der Waals surface area contributed by atoms with Crippen LogP contribution in [0.4, 0.5) is 5.95 Å². The number of aromatic hydroxyl groups is 1. The van der Waals surface area contributed by atoms with Gasteiger partial charge in [0, 0.05) is 5.56 Å². The minimum atomic E-state index is 0.116. The van der Waals surface area contributed by atoms with Gasteiger partial charge < -0.3 is 10.8 Å². The van der Waals surface area contributed by atoms with Crippen molar-refractivity contribution in [3.63, 3.8) is 0 Å². The second kappa shape index (κ2) is 4.47. The number of phenols is 1. The van der Waals surface area contributed by atoms with Crippen LogP contribution in [0.5, 0.6) is 5.75 Å². The Balaban J connectivity index is 2.29. The molecular formula is C11H11ClN4O. The molecule has 0 amide bonds. The number of hydrogen-bond donors (Lipinski definition) is 2. The quantitative estimate of drug-likeness (QED) is 0.801. The molecule has 0 atom stereocenters. The van der Waals surface area contributed by atoms with E-state index in [1.54, 1.807) is 18.5 Å². The first-order valence-electron chi connectivity index (χ1n) is 4.90. The van der Waals surface area contributed by atoms with Gasteiger partial charge >= 0.3 is 0 Å². The summed E-state index contributed by atoms with van der Waals surface area (Å²) in [6.07, 6.45) is 3.26. The van der Waals surface area contributed by atoms with Gasteiger partial charge in [-0.2, -0.15) is 5.10 Å². The van der Waals surface area contributed by atoms with Gasteiger partial charge in [0.1, 0.15) is 5.75 Å². The molecule has 6 heteroatoms. The van der Waals surface area contributed by atoms with E-state index >= 15 is 0 Å². The summed E-state index contributed by atoms with van der Waals surface area (Å²) in [5.74, 6) is 0.429. The van der Waals surface area contributed by atoms with Crippen molar-refractivity contribution in [2.45, 2.75) is 6.92 Å². The van der Waals surface area contributed by atoms with Crippen molar-refractivity contribution in [3.8, 4) is 5.75 Å². The summed E-state index contributed by atoms with van der Waals surface area (Å²) in [6, 6.07) is 4.66. The molecule has 0 aliphatic carbocycles. The number of aryl methyl sites for hydroxylation is 1. The van der Waals surface area contributed by atoms with Crippen LogP contribution >= 0.6 is 11.6 Å². The highest BCUT2D eigenvalue weighted by Gasteiger charge is 2.01. The van der Waals surface area contributed by atoms with E-state index in [9.17, 15) is 5.11 Å². The Morgan fingerprint density at radius 2 is 2.29 bits per heavy atom. The third-order valence-corrected chi connectivity index (χ3v) is 2.47. The van der Waals surface area contributed by atoms with Crippen LogP contribution in [-0.4, -0.2) is 21.0 Å². The number of halogens is 1. The normalized spacial score (nSPS) is 11.2. The molecule has 2 rings (SSSR count). The molecule has 0 fully saturated rings. The number of nitrogens with two attached hydrogens (primary N) is 1. The van der Waals surface area contributed by atoms with Crippen LogP contribution in [-0.2, 0) is 0 Å². The highest BCUT2D eigenvalue weighted by atomic mass is 35.5. The minimum absolute atomic E-state index is 0.116. The monoisotopic (exact) mass is 250 g/mol. The van der Waals surface area contributed by atoms with Gasteiger partial charge in [0.15, 0.2) is 0 Å². The number of nitrogens with zero attached hydrogens (tertiary/aromatic N) is 3. The van der Waals surface area contributed by atoms with Crippen molar-refractivity contribution in [1.82, 2.24) is 9.66 Å². The van der Waals surface area contributed by atoms with Gasteiger partial charge in [-0.05, 0) is 25.1 Å². The zero-order valence-electron chi connectivity index (χ0n) is 9.13. The molecule has 0 spiro atoms. The van der Waals surface area contributed by atoms with Gasteiger partial charge in [0.2, 0.25) is 5.95 Å². The SMILES string of the molecule is Cc1cn(N=Cc2ccc(O)cc2Cl)c(N)n1. The van der Waals surface area contributed by atoms with Crippen LogP contribution in [0, 0.1) is 6.92 Å². The Bertz CT molecular complexity index is 577. The lowest BCUT2D eigenvalue weighted by Crippen LogP contribution is -1.97. The molecule has 1 heterocycles. The molecule has 1 aromatic heterocycles. The highest BCUT2D eigenvalue weighted by molar-refractivity contribution is 6.33. The van der Waals surface area contributed by atoms with Crippen molar-refractivity contribution in [2.75, 3.05) is 5.73 Å². The zero-order valence-corrected chi connectivity index (χ0v) is 9.89. The molecule has 2 aromatic rings. The number of anilines is 1. The van der Waals surface area contributed by atoms with Gasteiger partial charge in [-0.3, -0.25) is 0 Å². The lowest BCUT2D eigenvalue weighted by molar-refractivity contribution is 0.475. The smallest absolute Gasteiger partial charge is 0.221 e. The van der Waals surface area contributed by atoms with E-state index in [1.165, 1.54) is 16.8 Å². The number of nitrogen functional groups attached to an aromatic ring is 1. The molecule has 0 bridgehead atoms. The number of phenolic OH excluding ortho intramolecular Hbond substituents is 1. The van der Waals surface area contributed by atoms with E-state index < -0.39 is 0 Å². The van der Waals surface area contributed by atoms with Crippen molar-refractivity contribution in [3.05, 3.63) is 40.7 Å². The van der Waals surface area contributed by atoms with Crippen LogP contribution in [0.3, 0.4) is 0 Å². The summed E-state index contributed by atoms with van der Waals surface area (Å²) in [4.78, 5) is 4.01. The lowest BCUT2D eigenvalue weighted by atomic mass is 10.2. The summed E-state index contributed by atoms with van der Waals surface area (Å²) >= 11 is 5.93. The van der Waals surface area contributed by atoms with Crippen molar-refractivity contribution < 1.29 is 5.11 Å². The third-order valence-electron chi connectivity index (χ3n) is 2.14. The fourth-order valence-electron chi connectivity index (χ4n) is 1.34. The number of hydrogen-bond acceptors (Lipinski definition) is 4. The number of imidazole rings is 1. The van der Waals surface area contributed by atoms with Crippen LogP contribution < -0.4 is 5.73 Å². The van der Waals surface area contributed by atoms with E-state index in [0.717, 1.165) is 5.69 Å². The van der Waals surface area contributed by atoms with E-state index in [4.69, 9.17) is 17.3 Å². The van der Waals surface area contributed by atoms with Crippen molar-refractivity contribution in [1.29, 1.82) is 0 Å². The van der Waals surface area contributed by atoms with Crippen LogP contribution in [0.1, 0.15) is 11.3 Å². The molecule has 3 N–H and O–H groups in total. The van der Waals surface area contributed by atoms with E-state index in [1.807, 2.05) is 6.92 Å².